The summed E-state index contributed by atoms with van der Waals surface area (Å²) in [4.78, 5) is 17.9. The molecular formula is C19H22N2O2S. The van der Waals surface area contributed by atoms with Crippen LogP contribution in [0.3, 0.4) is 0 Å². The zero-order valence-electron chi connectivity index (χ0n) is 14.0. The van der Waals surface area contributed by atoms with Gasteiger partial charge in [0.2, 0.25) is 0 Å². The molecule has 24 heavy (non-hydrogen) atoms. The fourth-order valence-electron chi connectivity index (χ4n) is 3.08. The van der Waals surface area contributed by atoms with Gasteiger partial charge in [0.05, 0.1) is 6.04 Å². The Balaban J connectivity index is 1.87. The zero-order chi connectivity index (χ0) is 17.1. The summed E-state index contributed by atoms with van der Waals surface area (Å²) in [5.41, 5.74) is 1.80. The van der Waals surface area contributed by atoms with E-state index in [0.29, 0.717) is 12.1 Å². The van der Waals surface area contributed by atoms with Crippen molar-refractivity contribution in [2.45, 2.75) is 10.9 Å². The van der Waals surface area contributed by atoms with Gasteiger partial charge in [0, 0.05) is 47.1 Å². The minimum absolute atomic E-state index is 0.0328. The summed E-state index contributed by atoms with van der Waals surface area (Å²) in [5.74, 6) is 0.0328. The fourth-order valence-corrected chi connectivity index (χ4v) is 3.60. The standard InChI is InChI=1S/C19H22N2O2S/c1-20-12-13-21(18(14-20)15-6-4-3-5-7-15)19(22)16-8-10-17(11-9-16)24(2)23/h3-11,18H,12-14H2,1-2H3/t18-,24-/m0/s1. The molecule has 1 aliphatic rings. The highest BCUT2D eigenvalue weighted by Crippen LogP contribution is 2.26. The van der Waals surface area contributed by atoms with Gasteiger partial charge in [0.15, 0.2) is 0 Å². The van der Waals surface area contributed by atoms with E-state index in [4.69, 9.17) is 0 Å². The van der Waals surface area contributed by atoms with Gasteiger partial charge in [-0.2, -0.15) is 0 Å². The molecule has 0 unspecified atom stereocenters. The summed E-state index contributed by atoms with van der Waals surface area (Å²) in [6.07, 6.45) is 1.64. The second-order valence-corrected chi connectivity index (χ2v) is 7.55. The number of carbonyl (C=O) groups excluding carboxylic acids is 1. The lowest BCUT2D eigenvalue weighted by Gasteiger charge is -2.40. The summed E-state index contributed by atoms with van der Waals surface area (Å²) in [7, 11) is 1.06. The van der Waals surface area contributed by atoms with Gasteiger partial charge in [0.25, 0.3) is 5.91 Å². The van der Waals surface area contributed by atoms with Crippen molar-refractivity contribution >= 4 is 16.7 Å². The number of benzene rings is 2. The molecule has 1 fully saturated rings. The van der Waals surface area contributed by atoms with Crippen LogP contribution in [-0.2, 0) is 10.8 Å². The van der Waals surface area contributed by atoms with E-state index in [1.807, 2.05) is 23.1 Å². The van der Waals surface area contributed by atoms with Crippen LogP contribution in [0.25, 0.3) is 0 Å². The lowest BCUT2D eigenvalue weighted by atomic mass is 10.0. The molecule has 2 aromatic carbocycles. The number of nitrogens with zero attached hydrogens (tertiary/aromatic N) is 2. The molecule has 0 spiro atoms. The van der Waals surface area contributed by atoms with Crippen LogP contribution < -0.4 is 0 Å². The average molecular weight is 342 g/mol. The topological polar surface area (TPSA) is 40.6 Å². The van der Waals surface area contributed by atoms with Gasteiger partial charge in [-0.05, 0) is 36.9 Å². The molecule has 1 aliphatic heterocycles. The average Bonchev–Trinajstić information content (AvgIpc) is 2.62. The molecule has 2 aromatic rings. The van der Waals surface area contributed by atoms with Crippen molar-refractivity contribution in [1.82, 2.24) is 9.80 Å². The first-order chi connectivity index (χ1) is 11.6. The van der Waals surface area contributed by atoms with E-state index < -0.39 is 10.8 Å². The van der Waals surface area contributed by atoms with Crippen LogP contribution in [-0.4, -0.2) is 52.9 Å². The summed E-state index contributed by atoms with van der Waals surface area (Å²) >= 11 is 0. The van der Waals surface area contributed by atoms with Crippen molar-refractivity contribution in [1.29, 1.82) is 0 Å². The van der Waals surface area contributed by atoms with Gasteiger partial charge in [-0.15, -0.1) is 0 Å². The molecule has 1 saturated heterocycles. The Morgan fingerprint density at radius 1 is 1.04 bits per heavy atom. The lowest BCUT2D eigenvalue weighted by molar-refractivity contribution is 0.0498. The summed E-state index contributed by atoms with van der Waals surface area (Å²) in [5, 5.41) is 0. The van der Waals surface area contributed by atoms with Gasteiger partial charge < -0.3 is 9.80 Å². The van der Waals surface area contributed by atoms with Crippen molar-refractivity contribution < 1.29 is 9.00 Å². The van der Waals surface area contributed by atoms with Crippen molar-refractivity contribution in [2.24, 2.45) is 0 Å². The first-order valence-electron chi connectivity index (χ1n) is 8.04. The predicted molar refractivity (Wildman–Crippen MR) is 96.5 cm³/mol. The van der Waals surface area contributed by atoms with Crippen molar-refractivity contribution in [3.8, 4) is 0 Å². The zero-order valence-corrected chi connectivity index (χ0v) is 14.8. The maximum absolute atomic E-state index is 13.0. The van der Waals surface area contributed by atoms with E-state index in [-0.39, 0.29) is 11.9 Å². The number of hydrogen-bond acceptors (Lipinski definition) is 3. The first-order valence-corrected chi connectivity index (χ1v) is 9.60. The molecule has 0 N–H and O–H groups in total. The van der Waals surface area contributed by atoms with Crippen molar-refractivity contribution in [2.75, 3.05) is 32.9 Å². The minimum Gasteiger partial charge on any atom is -0.329 e. The summed E-state index contributed by atoms with van der Waals surface area (Å²) in [6, 6.07) is 17.3. The number of carbonyl (C=O) groups is 1. The number of rotatable bonds is 3. The molecular weight excluding hydrogens is 320 g/mol. The Kier molecular flexibility index (Phi) is 5.11. The second kappa shape index (κ2) is 7.28. The van der Waals surface area contributed by atoms with Gasteiger partial charge >= 0.3 is 0 Å². The van der Waals surface area contributed by atoms with Crippen LogP contribution in [0.15, 0.2) is 59.5 Å². The largest absolute Gasteiger partial charge is 0.329 e. The molecule has 126 valence electrons. The maximum Gasteiger partial charge on any atom is 0.254 e. The normalized spacial score (nSPS) is 19.9. The molecule has 0 bridgehead atoms. The van der Waals surface area contributed by atoms with E-state index in [1.165, 1.54) is 0 Å². The van der Waals surface area contributed by atoms with Crippen molar-refractivity contribution in [3.05, 3.63) is 65.7 Å². The monoisotopic (exact) mass is 342 g/mol. The molecule has 0 saturated carbocycles. The van der Waals surface area contributed by atoms with Crippen LogP contribution in [0.4, 0.5) is 0 Å². The predicted octanol–water partition coefficient (Wildman–Crippen LogP) is 2.55. The van der Waals surface area contributed by atoms with Crippen LogP contribution >= 0.6 is 0 Å². The van der Waals surface area contributed by atoms with E-state index in [9.17, 15) is 9.00 Å². The first kappa shape index (κ1) is 16.9. The van der Waals surface area contributed by atoms with Gasteiger partial charge in [-0.1, -0.05) is 30.3 Å². The molecule has 3 rings (SSSR count). The Morgan fingerprint density at radius 2 is 1.71 bits per heavy atom. The minimum atomic E-state index is -1.03. The SMILES string of the molecule is CN1CCN(C(=O)c2ccc([S@](C)=O)cc2)[C@H](c2ccccc2)C1. The number of hydrogen-bond donors (Lipinski definition) is 0. The number of amides is 1. The van der Waals surface area contributed by atoms with Crippen molar-refractivity contribution in [3.63, 3.8) is 0 Å². The highest BCUT2D eigenvalue weighted by Gasteiger charge is 2.30. The fraction of sp³-hybridized carbons (Fsp3) is 0.316. The maximum atomic E-state index is 13.0. The molecule has 2 atom stereocenters. The van der Waals surface area contributed by atoms with E-state index in [0.717, 1.165) is 23.5 Å². The highest BCUT2D eigenvalue weighted by atomic mass is 32.2. The highest BCUT2D eigenvalue weighted by molar-refractivity contribution is 7.84. The Labute approximate surface area is 145 Å². The summed E-state index contributed by atoms with van der Waals surface area (Å²) in [6.45, 7) is 2.40. The van der Waals surface area contributed by atoms with Crippen LogP contribution in [0.5, 0.6) is 0 Å². The van der Waals surface area contributed by atoms with E-state index in [1.54, 1.807) is 30.5 Å². The molecule has 0 aromatic heterocycles. The van der Waals surface area contributed by atoms with Crippen LogP contribution in [0.1, 0.15) is 22.0 Å². The van der Waals surface area contributed by atoms with Crippen LogP contribution in [0.2, 0.25) is 0 Å². The van der Waals surface area contributed by atoms with Gasteiger partial charge in [-0.25, -0.2) is 0 Å². The second-order valence-electron chi connectivity index (χ2n) is 6.17. The third-order valence-corrected chi connectivity index (χ3v) is 5.40. The third-order valence-electron chi connectivity index (χ3n) is 4.46. The number of likely N-dealkylation sites (N-methyl/N-ethyl adjacent to an activating group) is 1. The number of piperazine rings is 1. The van der Waals surface area contributed by atoms with Gasteiger partial charge in [0.1, 0.15) is 0 Å². The Hall–Kier alpha value is -1.98. The Bertz CT molecular complexity index is 731. The Morgan fingerprint density at radius 3 is 2.33 bits per heavy atom. The molecule has 0 radical (unpaired) electrons. The summed E-state index contributed by atoms with van der Waals surface area (Å²) < 4.78 is 11.5. The third kappa shape index (κ3) is 3.57. The lowest BCUT2D eigenvalue weighted by Crippen LogP contribution is -2.49. The molecule has 1 heterocycles. The quantitative estimate of drug-likeness (QED) is 0.861. The molecule has 0 aliphatic carbocycles. The molecule has 4 nitrogen and oxygen atoms in total. The smallest absolute Gasteiger partial charge is 0.254 e. The van der Waals surface area contributed by atoms with Crippen LogP contribution in [0, 0.1) is 0 Å². The van der Waals surface area contributed by atoms with E-state index in [2.05, 4.69) is 24.1 Å². The van der Waals surface area contributed by atoms with E-state index >= 15 is 0 Å². The molecule has 5 heteroatoms. The molecule has 1 amide bonds. The van der Waals surface area contributed by atoms with Gasteiger partial charge in [-0.3, -0.25) is 9.00 Å².